The minimum absolute atomic E-state index is 0.908. The van der Waals surface area contributed by atoms with E-state index in [1.807, 2.05) is 18.3 Å². The van der Waals surface area contributed by atoms with Crippen molar-refractivity contribution < 1.29 is 0 Å². The fourth-order valence-corrected chi connectivity index (χ4v) is 3.96. The highest BCUT2D eigenvalue weighted by atomic mass is 15.3. The van der Waals surface area contributed by atoms with E-state index in [1.165, 1.54) is 16.6 Å². The second kappa shape index (κ2) is 6.67. The summed E-state index contributed by atoms with van der Waals surface area (Å²) in [6.07, 6.45) is 6.12. The first-order chi connectivity index (χ1) is 13.3. The maximum Gasteiger partial charge on any atom is 0.137 e. The zero-order valence-electron chi connectivity index (χ0n) is 15.5. The van der Waals surface area contributed by atoms with Crippen LogP contribution in [0.5, 0.6) is 0 Å². The number of rotatable bonds is 3. The van der Waals surface area contributed by atoms with Gasteiger partial charge in [-0.25, -0.2) is 4.98 Å². The molecular formula is C22H23N5. The smallest absolute Gasteiger partial charge is 0.137 e. The van der Waals surface area contributed by atoms with Crippen LogP contribution in [0.15, 0.2) is 61.1 Å². The van der Waals surface area contributed by atoms with E-state index in [0.717, 1.165) is 49.6 Å². The van der Waals surface area contributed by atoms with E-state index >= 15 is 0 Å². The van der Waals surface area contributed by atoms with Crippen LogP contribution in [-0.2, 0) is 6.54 Å². The van der Waals surface area contributed by atoms with Crippen LogP contribution in [0.2, 0.25) is 0 Å². The lowest BCUT2D eigenvalue weighted by Gasteiger charge is -2.36. The van der Waals surface area contributed by atoms with Crippen molar-refractivity contribution in [1.82, 2.24) is 19.3 Å². The molecule has 0 bridgehead atoms. The van der Waals surface area contributed by atoms with Crippen LogP contribution in [-0.4, -0.2) is 45.4 Å². The predicted octanol–water partition coefficient (Wildman–Crippen LogP) is 3.51. The van der Waals surface area contributed by atoms with E-state index in [0.29, 0.717) is 0 Å². The number of aryl methyl sites for hydroxylation is 1. The monoisotopic (exact) mass is 357 g/mol. The summed E-state index contributed by atoms with van der Waals surface area (Å²) in [6, 6.07) is 14.8. The van der Waals surface area contributed by atoms with E-state index in [9.17, 15) is 0 Å². The topological polar surface area (TPSA) is 36.7 Å². The number of aromatic nitrogens is 3. The summed E-state index contributed by atoms with van der Waals surface area (Å²) in [5.41, 5.74) is 5.81. The third kappa shape index (κ3) is 3.15. The Morgan fingerprint density at radius 2 is 1.89 bits per heavy atom. The molecule has 1 saturated heterocycles. The largest absolute Gasteiger partial charge is 0.368 e. The lowest BCUT2D eigenvalue weighted by Crippen LogP contribution is -2.46. The molecule has 0 saturated carbocycles. The quantitative estimate of drug-likeness (QED) is 0.562. The SMILES string of the molecule is Cc1ccc2nccc(N3CCN(Cc4cn5ccccc5n4)CC3)c2c1. The summed E-state index contributed by atoms with van der Waals surface area (Å²) in [7, 11) is 0. The molecule has 27 heavy (non-hydrogen) atoms. The molecule has 1 fully saturated rings. The second-order valence-corrected chi connectivity index (χ2v) is 7.31. The van der Waals surface area contributed by atoms with Gasteiger partial charge in [0.05, 0.1) is 11.2 Å². The van der Waals surface area contributed by atoms with Gasteiger partial charge in [-0.1, -0.05) is 17.7 Å². The molecule has 0 radical (unpaired) electrons. The number of pyridine rings is 2. The highest BCUT2D eigenvalue weighted by Gasteiger charge is 2.19. The van der Waals surface area contributed by atoms with Crippen LogP contribution in [0.3, 0.4) is 0 Å². The van der Waals surface area contributed by atoms with Gasteiger partial charge in [0, 0.05) is 62.4 Å². The minimum atomic E-state index is 0.908. The van der Waals surface area contributed by atoms with Crippen LogP contribution >= 0.6 is 0 Å². The molecule has 0 amide bonds. The molecule has 0 unspecified atom stereocenters. The van der Waals surface area contributed by atoms with Gasteiger partial charge in [-0.15, -0.1) is 0 Å². The number of piperazine rings is 1. The summed E-state index contributed by atoms with van der Waals surface area (Å²) in [4.78, 5) is 14.2. The predicted molar refractivity (Wildman–Crippen MR) is 109 cm³/mol. The Morgan fingerprint density at radius 3 is 2.74 bits per heavy atom. The fraction of sp³-hybridized carbons (Fsp3) is 0.273. The molecule has 0 N–H and O–H groups in total. The van der Waals surface area contributed by atoms with E-state index in [2.05, 4.69) is 68.8 Å². The summed E-state index contributed by atoms with van der Waals surface area (Å²) in [6.45, 7) is 7.20. The van der Waals surface area contributed by atoms with Crippen molar-refractivity contribution in [2.24, 2.45) is 0 Å². The molecule has 4 aromatic rings. The summed E-state index contributed by atoms with van der Waals surface area (Å²) in [5, 5.41) is 1.26. The fourth-order valence-electron chi connectivity index (χ4n) is 3.96. The number of anilines is 1. The van der Waals surface area contributed by atoms with Crippen molar-refractivity contribution in [2.45, 2.75) is 13.5 Å². The lowest BCUT2D eigenvalue weighted by atomic mass is 10.1. The van der Waals surface area contributed by atoms with Gasteiger partial charge in [-0.2, -0.15) is 0 Å². The van der Waals surface area contributed by atoms with E-state index in [4.69, 9.17) is 4.98 Å². The Balaban J connectivity index is 1.31. The zero-order chi connectivity index (χ0) is 18.2. The van der Waals surface area contributed by atoms with Gasteiger partial charge < -0.3 is 9.30 Å². The third-order valence-corrected chi connectivity index (χ3v) is 5.39. The molecule has 4 heterocycles. The maximum atomic E-state index is 4.73. The Bertz CT molecular complexity index is 1060. The van der Waals surface area contributed by atoms with Gasteiger partial charge >= 0.3 is 0 Å². The molecule has 5 nitrogen and oxygen atoms in total. The molecule has 0 spiro atoms. The molecule has 5 heteroatoms. The van der Waals surface area contributed by atoms with Gasteiger partial charge in [-0.05, 0) is 37.3 Å². The van der Waals surface area contributed by atoms with Crippen molar-refractivity contribution in [1.29, 1.82) is 0 Å². The highest BCUT2D eigenvalue weighted by molar-refractivity contribution is 5.92. The number of imidazole rings is 1. The summed E-state index contributed by atoms with van der Waals surface area (Å²) in [5.74, 6) is 0. The van der Waals surface area contributed by atoms with Gasteiger partial charge in [0.2, 0.25) is 0 Å². The average Bonchev–Trinajstić information content (AvgIpc) is 3.10. The van der Waals surface area contributed by atoms with E-state index < -0.39 is 0 Å². The van der Waals surface area contributed by atoms with Crippen molar-refractivity contribution in [2.75, 3.05) is 31.1 Å². The number of nitrogens with zero attached hydrogens (tertiary/aromatic N) is 5. The molecule has 3 aromatic heterocycles. The first kappa shape index (κ1) is 16.3. The molecule has 1 aromatic carbocycles. The minimum Gasteiger partial charge on any atom is -0.368 e. The van der Waals surface area contributed by atoms with Crippen LogP contribution in [0.1, 0.15) is 11.3 Å². The lowest BCUT2D eigenvalue weighted by molar-refractivity contribution is 0.247. The average molecular weight is 357 g/mol. The van der Waals surface area contributed by atoms with Gasteiger partial charge in [-0.3, -0.25) is 9.88 Å². The Hall–Kier alpha value is -2.92. The Kier molecular flexibility index (Phi) is 4.02. The summed E-state index contributed by atoms with van der Waals surface area (Å²) >= 11 is 0. The number of fused-ring (bicyclic) bond motifs is 2. The number of hydrogen-bond donors (Lipinski definition) is 0. The molecule has 0 aliphatic carbocycles. The van der Waals surface area contributed by atoms with Gasteiger partial charge in [0.15, 0.2) is 0 Å². The highest BCUT2D eigenvalue weighted by Crippen LogP contribution is 2.27. The first-order valence-corrected chi connectivity index (χ1v) is 9.51. The van der Waals surface area contributed by atoms with Crippen molar-refractivity contribution in [3.8, 4) is 0 Å². The van der Waals surface area contributed by atoms with Crippen LogP contribution < -0.4 is 4.90 Å². The molecule has 136 valence electrons. The molecule has 1 aliphatic rings. The van der Waals surface area contributed by atoms with Crippen LogP contribution in [0.4, 0.5) is 5.69 Å². The molecule has 0 atom stereocenters. The Labute approximate surface area is 158 Å². The standard InChI is InChI=1S/C22H23N5/c1-17-5-6-20-19(14-17)21(7-8-23-20)26-12-10-25(11-13-26)15-18-16-27-9-3-2-4-22(27)24-18/h2-9,14,16H,10-13,15H2,1H3. The van der Waals surface area contributed by atoms with Crippen molar-refractivity contribution >= 4 is 22.2 Å². The maximum absolute atomic E-state index is 4.73. The van der Waals surface area contributed by atoms with Crippen molar-refractivity contribution in [3.63, 3.8) is 0 Å². The number of hydrogen-bond acceptors (Lipinski definition) is 4. The third-order valence-electron chi connectivity index (χ3n) is 5.39. The van der Waals surface area contributed by atoms with Gasteiger partial charge in [0.1, 0.15) is 5.65 Å². The van der Waals surface area contributed by atoms with Gasteiger partial charge in [0.25, 0.3) is 0 Å². The molecule has 1 aliphatic heterocycles. The first-order valence-electron chi connectivity index (χ1n) is 9.51. The van der Waals surface area contributed by atoms with E-state index in [-0.39, 0.29) is 0 Å². The zero-order valence-corrected chi connectivity index (χ0v) is 15.5. The second-order valence-electron chi connectivity index (χ2n) is 7.31. The van der Waals surface area contributed by atoms with Crippen molar-refractivity contribution in [3.05, 3.63) is 72.3 Å². The van der Waals surface area contributed by atoms with E-state index in [1.54, 1.807) is 0 Å². The summed E-state index contributed by atoms with van der Waals surface area (Å²) < 4.78 is 2.09. The molecular weight excluding hydrogens is 334 g/mol. The molecule has 5 rings (SSSR count). The Morgan fingerprint density at radius 1 is 1.00 bits per heavy atom. The normalized spacial score (nSPS) is 15.7. The van der Waals surface area contributed by atoms with Crippen LogP contribution in [0, 0.1) is 6.92 Å². The van der Waals surface area contributed by atoms with Crippen LogP contribution in [0.25, 0.3) is 16.6 Å². The number of benzene rings is 1.